The number of likely N-dealkylation sites (tertiary alicyclic amines) is 1. The molecule has 0 saturated carbocycles. The van der Waals surface area contributed by atoms with Crippen LogP contribution >= 0.6 is 0 Å². The van der Waals surface area contributed by atoms with Crippen LogP contribution in [0.3, 0.4) is 0 Å². The molecule has 2 aromatic carbocycles. The summed E-state index contributed by atoms with van der Waals surface area (Å²) in [6, 6.07) is 20.7. The number of hydrogen-bond acceptors (Lipinski definition) is 3. The minimum atomic E-state index is -0.377. The van der Waals surface area contributed by atoms with Gasteiger partial charge in [0.05, 0.1) is 6.10 Å². The van der Waals surface area contributed by atoms with Crippen LogP contribution in [-0.4, -0.2) is 42.7 Å². The van der Waals surface area contributed by atoms with E-state index in [2.05, 4.69) is 47.5 Å². The minimum absolute atomic E-state index is 0.377. The minimum Gasteiger partial charge on any atom is -0.387 e. The van der Waals surface area contributed by atoms with E-state index in [1.54, 1.807) is 0 Å². The largest absolute Gasteiger partial charge is 0.387 e. The highest BCUT2D eigenvalue weighted by molar-refractivity contribution is 5.19. The molecule has 2 atom stereocenters. The normalized spacial score (nSPS) is 18.5. The number of aliphatic hydroxyl groups excluding tert-OH is 1. The Labute approximate surface area is 158 Å². The SMILES string of the molecule is CC(CNCC1CCN(CC(O)c2ccccc2)CC1)c1ccccc1. The van der Waals surface area contributed by atoms with Crippen molar-refractivity contribution in [3.8, 4) is 0 Å². The molecule has 0 spiro atoms. The molecule has 3 heteroatoms. The summed E-state index contributed by atoms with van der Waals surface area (Å²) >= 11 is 0. The number of hydrogen-bond donors (Lipinski definition) is 2. The van der Waals surface area contributed by atoms with Crippen LogP contribution in [0.1, 0.15) is 42.9 Å². The van der Waals surface area contributed by atoms with Gasteiger partial charge in [-0.3, -0.25) is 0 Å². The molecule has 1 saturated heterocycles. The molecule has 26 heavy (non-hydrogen) atoms. The number of nitrogens with zero attached hydrogens (tertiary/aromatic N) is 1. The Morgan fingerprint density at radius 3 is 2.15 bits per heavy atom. The lowest BCUT2D eigenvalue weighted by Gasteiger charge is -2.33. The third kappa shape index (κ3) is 5.66. The van der Waals surface area contributed by atoms with E-state index < -0.39 is 0 Å². The van der Waals surface area contributed by atoms with E-state index in [0.717, 1.165) is 44.2 Å². The number of rotatable bonds is 8. The fourth-order valence-corrected chi connectivity index (χ4v) is 3.80. The van der Waals surface area contributed by atoms with Crippen LogP contribution in [0.5, 0.6) is 0 Å². The number of β-amino-alcohol motifs (C(OH)–C–C–N with tert-alkyl or cyclic N) is 1. The quantitative estimate of drug-likeness (QED) is 0.758. The molecule has 2 unspecified atom stereocenters. The van der Waals surface area contributed by atoms with Gasteiger partial charge in [0, 0.05) is 13.1 Å². The van der Waals surface area contributed by atoms with E-state index in [0.29, 0.717) is 5.92 Å². The molecule has 140 valence electrons. The molecule has 1 aliphatic heterocycles. The summed E-state index contributed by atoms with van der Waals surface area (Å²) in [5, 5.41) is 14.1. The number of benzene rings is 2. The van der Waals surface area contributed by atoms with Crippen molar-refractivity contribution in [2.24, 2.45) is 5.92 Å². The smallest absolute Gasteiger partial charge is 0.0916 e. The number of nitrogens with one attached hydrogen (secondary N) is 1. The summed E-state index contributed by atoms with van der Waals surface area (Å²) in [5.74, 6) is 1.31. The van der Waals surface area contributed by atoms with Crippen molar-refractivity contribution < 1.29 is 5.11 Å². The Kier molecular flexibility index (Phi) is 7.24. The lowest BCUT2D eigenvalue weighted by molar-refractivity contribution is 0.0891. The average Bonchev–Trinajstić information content (AvgIpc) is 2.70. The van der Waals surface area contributed by atoms with Gasteiger partial charge in [0.15, 0.2) is 0 Å². The Bertz CT molecular complexity index is 623. The molecule has 0 aliphatic carbocycles. The number of piperidine rings is 1. The van der Waals surface area contributed by atoms with Crippen molar-refractivity contribution in [2.75, 3.05) is 32.7 Å². The van der Waals surface area contributed by atoms with Crippen molar-refractivity contribution in [2.45, 2.75) is 31.8 Å². The Morgan fingerprint density at radius 1 is 0.962 bits per heavy atom. The van der Waals surface area contributed by atoms with Crippen LogP contribution in [0, 0.1) is 5.92 Å². The predicted octanol–water partition coefficient (Wildman–Crippen LogP) is 3.83. The van der Waals surface area contributed by atoms with Crippen LogP contribution in [0.2, 0.25) is 0 Å². The third-order valence-electron chi connectivity index (χ3n) is 5.57. The molecule has 1 fully saturated rings. The van der Waals surface area contributed by atoms with Gasteiger partial charge in [0.25, 0.3) is 0 Å². The van der Waals surface area contributed by atoms with Crippen LogP contribution in [-0.2, 0) is 0 Å². The molecular weight excluding hydrogens is 320 g/mol. The second kappa shape index (κ2) is 9.86. The topological polar surface area (TPSA) is 35.5 Å². The van der Waals surface area contributed by atoms with Gasteiger partial charge in [-0.05, 0) is 55.4 Å². The number of aliphatic hydroxyl groups is 1. The average molecular weight is 353 g/mol. The van der Waals surface area contributed by atoms with Gasteiger partial charge in [0.1, 0.15) is 0 Å². The molecular formula is C23H32N2O. The van der Waals surface area contributed by atoms with Crippen LogP contribution in [0.15, 0.2) is 60.7 Å². The van der Waals surface area contributed by atoms with Gasteiger partial charge in [-0.1, -0.05) is 67.6 Å². The lowest BCUT2D eigenvalue weighted by Crippen LogP contribution is -2.39. The highest BCUT2D eigenvalue weighted by atomic mass is 16.3. The predicted molar refractivity (Wildman–Crippen MR) is 108 cm³/mol. The standard InChI is InChI=1S/C23H32N2O/c1-19(21-8-4-2-5-9-21)16-24-17-20-12-14-25(15-13-20)18-23(26)22-10-6-3-7-11-22/h2-11,19-20,23-24,26H,12-18H2,1H3. The zero-order valence-corrected chi connectivity index (χ0v) is 15.8. The van der Waals surface area contributed by atoms with Gasteiger partial charge in [-0.2, -0.15) is 0 Å². The van der Waals surface area contributed by atoms with Crippen LogP contribution < -0.4 is 5.32 Å². The summed E-state index contributed by atoms with van der Waals surface area (Å²) in [5.41, 5.74) is 2.43. The molecule has 0 amide bonds. The molecule has 0 bridgehead atoms. The van der Waals surface area contributed by atoms with Crippen molar-refractivity contribution >= 4 is 0 Å². The van der Waals surface area contributed by atoms with Crippen molar-refractivity contribution in [1.82, 2.24) is 10.2 Å². The van der Waals surface area contributed by atoms with E-state index in [4.69, 9.17) is 0 Å². The van der Waals surface area contributed by atoms with Crippen molar-refractivity contribution in [3.05, 3.63) is 71.8 Å². The zero-order valence-electron chi connectivity index (χ0n) is 15.8. The Hall–Kier alpha value is -1.68. The fraction of sp³-hybridized carbons (Fsp3) is 0.478. The summed E-state index contributed by atoms with van der Waals surface area (Å²) in [6.45, 7) is 7.35. The molecule has 0 radical (unpaired) electrons. The van der Waals surface area contributed by atoms with Gasteiger partial charge in [-0.25, -0.2) is 0 Å². The highest BCUT2D eigenvalue weighted by Crippen LogP contribution is 2.21. The van der Waals surface area contributed by atoms with E-state index in [9.17, 15) is 5.11 Å². The molecule has 3 rings (SSSR count). The van der Waals surface area contributed by atoms with E-state index in [-0.39, 0.29) is 6.10 Å². The summed E-state index contributed by atoms with van der Waals surface area (Å²) in [6.07, 6.45) is 2.06. The van der Waals surface area contributed by atoms with Crippen LogP contribution in [0.4, 0.5) is 0 Å². The van der Waals surface area contributed by atoms with E-state index in [1.165, 1.54) is 18.4 Å². The second-order valence-electron chi connectivity index (χ2n) is 7.64. The van der Waals surface area contributed by atoms with Crippen LogP contribution in [0.25, 0.3) is 0 Å². The first-order valence-electron chi connectivity index (χ1n) is 9.93. The lowest BCUT2D eigenvalue weighted by atomic mass is 9.95. The van der Waals surface area contributed by atoms with Gasteiger partial charge >= 0.3 is 0 Å². The summed E-state index contributed by atoms with van der Waals surface area (Å²) in [4.78, 5) is 2.40. The van der Waals surface area contributed by atoms with Gasteiger partial charge in [-0.15, -0.1) is 0 Å². The molecule has 2 aromatic rings. The van der Waals surface area contributed by atoms with Crippen molar-refractivity contribution in [3.63, 3.8) is 0 Å². The Morgan fingerprint density at radius 2 is 1.54 bits per heavy atom. The highest BCUT2D eigenvalue weighted by Gasteiger charge is 2.21. The maximum Gasteiger partial charge on any atom is 0.0916 e. The second-order valence-corrected chi connectivity index (χ2v) is 7.64. The summed E-state index contributed by atoms with van der Waals surface area (Å²) < 4.78 is 0. The van der Waals surface area contributed by atoms with Gasteiger partial charge < -0.3 is 15.3 Å². The first-order chi connectivity index (χ1) is 12.7. The molecule has 3 nitrogen and oxygen atoms in total. The summed E-state index contributed by atoms with van der Waals surface area (Å²) in [7, 11) is 0. The first kappa shape index (κ1) is 19.1. The zero-order chi connectivity index (χ0) is 18.2. The first-order valence-corrected chi connectivity index (χ1v) is 9.93. The molecule has 0 aromatic heterocycles. The van der Waals surface area contributed by atoms with E-state index >= 15 is 0 Å². The van der Waals surface area contributed by atoms with E-state index in [1.807, 2.05) is 30.3 Å². The maximum atomic E-state index is 10.4. The fourth-order valence-electron chi connectivity index (χ4n) is 3.80. The monoisotopic (exact) mass is 352 g/mol. The molecule has 2 N–H and O–H groups in total. The molecule has 1 aliphatic rings. The third-order valence-corrected chi connectivity index (χ3v) is 5.57. The van der Waals surface area contributed by atoms with Crippen molar-refractivity contribution in [1.29, 1.82) is 0 Å². The Balaban J connectivity index is 1.34. The molecule has 1 heterocycles. The van der Waals surface area contributed by atoms with Gasteiger partial charge in [0.2, 0.25) is 0 Å². The maximum absolute atomic E-state index is 10.4.